The summed E-state index contributed by atoms with van der Waals surface area (Å²) in [6.07, 6.45) is 1.84. The van der Waals surface area contributed by atoms with Crippen molar-refractivity contribution in [1.82, 2.24) is 14.8 Å². The van der Waals surface area contributed by atoms with Gasteiger partial charge in [-0.2, -0.15) is 0 Å². The van der Waals surface area contributed by atoms with E-state index in [1.807, 2.05) is 47.5 Å². The summed E-state index contributed by atoms with van der Waals surface area (Å²) in [4.78, 5) is 21.2. The monoisotopic (exact) mass is 346 g/mol. The summed E-state index contributed by atoms with van der Waals surface area (Å²) in [6.45, 7) is 4.06. The lowest BCUT2D eigenvalue weighted by Crippen LogP contribution is -2.49. The number of benzene rings is 2. The van der Waals surface area contributed by atoms with Crippen molar-refractivity contribution < 1.29 is 4.79 Å². The molecule has 0 radical (unpaired) electrons. The first-order chi connectivity index (χ1) is 12.8. The van der Waals surface area contributed by atoms with E-state index in [0.717, 1.165) is 43.9 Å². The number of fused-ring (bicyclic) bond motifs is 1. The highest BCUT2D eigenvalue weighted by molar-refractivity contribution is 5.89. The zero-order valence-electron chi connectivity index (χ0n) is 14.6. The van der Waals surface area contributed by atoms with Crippen molar-refractivity contribution in [3.8, 4) is 0 Å². The van der Waals surface area contributed by atoms with Crippen LogP contribution in [0.2, 0.25) is 0 Å². The zero-order valence-corrected chi connectivity index (χ0v) is 14.6. The highest BCUT2D eigenvalue weighted by Crippen LogP contribution is 2.18. The van der Waals surface area contributed by atoms with Crippen LogP contribution >= 0.6 is 0 Å². The molecule has 2 aromatic carbocycles. The van der Waals surface area contributed by atoms with Crippen LogP contribution in [0.3, 0.4) is 0 Å². The molecule has 26 heavy (non-hydrogen) atoms. The molecule has 0 aliphatic carbocycles. The summed E-state index contributed by atoms with van der Waals surface area (Å²) in [6, 6.07) is 20.0. The smallest absolute Gasteiger partial charge is 0.321 e. The highest BCUT2D eigenvalue weighted by Gasteiger charge is 2.21. The van der Waals surface area contributed by atoms with Crippen LogP contribution in [-0.2, 0) is 6.54 Å². The number of urea groups is 1. The topological polar surface area (TPSA) is 48.5 Å². The number of hydrogen-bond acceptors (Lipinski definition) is 3. The van der Waals surface area contributed by atoms with Crippen LogP contribution in [0.25, 0.3) is 10.9 Å². The Balaban J connectivity index is 1.35. The van der Waals surface area contributed by atoms with Gasteiger partial charge in [0, 0.05) is 50.0 Å². The van der Waals surface area contributed by atoms with E-state index >= 15 is 0 Å². The van der Waals surface area contributed by atoms with Gasteiger partial charge in [0.25, 0.3) is 0 Å². The first kappa shape index (κ1) is 16.5. The van der Waals surface area contributed by atoms with Gasteiger partial charge < -0.3 is 10.2 Å². The Labute approximate surface area is 153 Å². The van der Waals surface area contributed by atoms with Crippen LogP contribution in [0.1, 0.15) is 5.56 Å². The molecule has 0 bridgehead atoms. The number of aromatic nitrogens is 1. The van der Waals surface area contributed by atoms with E-state index in [1.54, 1.807) is 0 Å². The number of piperazine rings is 1. The number of rotatable bonds is 3. The van der Waals surface area contributed by atoms with Crippen molar-refractivity contribution in [2.75, 3.05) is 31.5 Å². The molecule has 1 aliphatic rings. The quantitative estimate of drug-likeness (QED) is 0.788. The van der Waals surface area contributed by atoms with E-state index in [4.69, 9.17) is 0 Å². The lowest BCUT2D eigenvalue weighted by Gasteiger charge is -2.34. The number of carbonyl (C=O) groups is 1. The number of hydrogen-bond donors (Lipinski definition) is 1. The van der Waals surface area contributed by atoms with Crippen LogP contribution < -0.4 is 5.32 Å². The van der Waals surface area contributed by atoms with Gasteiger partial charge in [0.2, 0.25) is 0 Å². The lowest BCUT2D eigenvalue weighted by atomic mass is 10.1. The Morgan fingerprint density at radius 2 is 1.69 bits per heavy atom. The molecule has 132 valence electrons. The number of pyridine rings is 1. The molecule has 0 unspecified atom stereocenters. The van der Waals surface area contributed by atoms with Crippen LogP contribution in [0.4, 0.5) is 10.5 Å². The standard InChI is InChI=1S/C21H22N4O/c26-21(23-19-9-2-1-3-10-19)25-14-12-24(13-15-25)16-18-7-4-6-17-8-5-11-22-20(17)18/h1-11H,12-16H2,(H,23,26). The average Bonchev–Trinajstić information content (AvgIpc) is 2.70. The molecule has 1 aromatic heterocycles. The molecule has 5 nitrogen and oxygen atoms in total. The molecule has 2 amide bonds. The summed E-state index contributed by atoms with van der Waals surface area (Å²) in [7, 11) is 0. The van der Waals surface area contributed by atoms with Crippen LogP contribution in [0.5, 0.6) is 0 Å². The Bertz CT molecular complexity index is 883. The largest absolute Gasteiger partial charge is 0.322 e. The molecule has 1 saturated heterocycles. The number of carbonyl (C=O) groups excluding carboxylic acids is 1. The van der Waals surface area contributed by atoms with Gasteiger partial charge >= 0.3 is 6.03 Å². The maximum atomic E-state index is 12.4. The van der Waals surface area contributed by atoms with Gasteiger partial charge in [-0.15, -0.1) is 0 Å². The number of nitrogens with zero attached hydrogens (tertiary/aromatic N) is 3. The third kappa shape index (κ3) is 3.68. The van der Waals surface area contributed by atoms with Gasteiger partial charge in [0.1, 0.15) is 0 Å². The molecule has 1 N–H and O–H groups in total. The summed E-state index contributed by atoms with van der Waals surface area (Å²) in [5.41, 5.74) is 3.14. The molecule has 4 rings (SSSR count). The van der Waals surface area contributed by atoms with Crippen molar-refractivity contribution in [2.24, 2.45) is 0 Å². The SMILES string of the molecule is O=C(Nc1ccccc1)N1CCN(Cc2cccc3cccnc23)CC1. The fourth-order valence-electron chi connectivity index (χ4n) is 3.37. The second-order valence-electron chi connectivity index (χ2n) is 6.55. The predicted molar refractivity (Wildman–Crippen MR) is 104 cm³/mol. The summed E-state index contributed by atoms with van der Waals surface area (Å²) in [5, 5.41) is 4.13. The number of anilines is 1. The van der Waals surface area contributed by atoms with Crippen LogP contribution in [0.15, 0.2) is 66.9 Å². The average molecular weight is 346 g/mol. The normalized spacial score (nSPS) is 15.2. The molecular weight excluding hydrogens is 324 g/mol. The minimum absolute atomic E-state index is 0.0253. The summed E-state index contributed by atoms with van der Waals surface area (Å²) >= 11 is 0. The Hall–Kier alpha value is -2.92. The minimum Gasteiger partial charge on any atom is -0.322 e. The van der Waals surface area contributed by atoms with Crippen LogP contribution in [0, 0.1) is 0 Å². The third-order valence-electron chi connectivity index (χ3n) is 4.79. The summed E-state index contributed by atoms with van der Waals surface area (Å²) < 4.78 is 0. The van der Waals surface area contributed by atoms with E-state index in [1.165, 1.54) is 10.9 Å². The Kier molecular flexibility index (Phi) is 4.80. The Morgan fingerprint density at radius 3 is 2.50 bits per heavy atom. The molecule has 2 heterocycles. The van der Waals surface area contributed by atoms with Crippen LogP contribution in [-0.4, -0.2) is 47.0 Å². The predicted octanol–water partition coefficient (Wildman–Crippen LogP) is 3.58. The van der Waals surface area contributed by atoms with Crippen molar-refractivity contribution in [3.05, 3.63) is 72.4 Å². The van der Waals surface area contributed by atoms with Gasteiger partial charge in [-0.05, 0) is 23.8 Å². The van der Waals surface area contributed by atoms with Crippen molar-refractivity contribution in [3.63, 3.8) is 0 Å². The molecule has 0 saturated carbocycles. The molecule has 0 atom stereocenters. The maximum Gasteiger partial charge on any atom is 0.321 e. The van der Waals surface area contributed by atoms with E-state index in [2.05, 4.69) is 39.5 Å². The first-order valence-corrected chi connectivity index (χ1v) is 8.95. The van der Waals surface area contributed by atoms with E-state index in [9.17, 15) is 4.79 Å². The fraction of sp³-hybridized carbons (Fsp3) is 0.238. The van der Waals surface area contributed by atoms with Crippen molar-refractivity contribution >= 4 is 22.6 Å². The number of nitrogens with one attached hydrogen (secondary N) is 1. The van der Waals surface area contributed by atoms with E-state index in [-0.39, 0.29) is 6.03 Å². The number of amides is 2. The minimum atomic E-state index is -0.0253. The second-order valence-corrected chi connectivity index (χ2v) is 6.55. The highest BCUT2D eigenvalue weighted by atomic mass is 16.2. The fourth-order valence-corrected chi connectivity index (χ4v) is 3.37. The maximum absolute atomic E-state index is 12.4. The molecule has 1 aliphatic heterocycles. The first-order valence-electron chi connectivity index (χ1n) is 8.95. The van der Waals surface area contributed by atoms with Gasteiger partial charge in [-0.25, -0.2) is 4.79 Å². The van der Waals surface area contributed by atoms with Gasteiger partial charge in [0.15, 0.2) is 0 Å². The van der Waals surface area contributed by atoms with Gasteiger partial charge in [-0.3, -0.25) is 9.88 Å². The molecule has 5 heteroatoms. The van der Waals surface area contributed by atoms with Gasteiger partial charge in [-0.1, -0.05) is 42.5 Å². The molecule has 0 spiro atoms. The zero-order chi connectivity index (χ0) is 17.8. The lowest BCUT2D eigenvalue weighted by molar-refractivity contribution is 0.143. The van der Waals surface area contributed by atoms with Crippen molar-refractivity contribution in [2.45, 2.75) is 6.54 Å². The number of para-hydroxylation sites is 2. The molecule has 3 aromatic rings. The van der Waals surface area contributed by atoms with Crippen molar-refractivity contribution in [1.29, 1.82) is 0 Å². The van der Waals surface area contributed by atoms with E-state index < -0.39 is 0 Å². The molecule has 1 fully saturated rings. The Morgan fingerprint density at radius 1 is 0.923 bits per heavy atom. The van der Waals surface area contributed by atoms with Gasteiger partial charge in [0.05, 0.1) is 5.52 Å². The summed E-state index contributed by atoms with van der Waals surface area (Å²) in [5.74, 6) is 0. The molecular formula is C21H22N4O. The second kappa shape index (κ2) is 7.54. The third-order valence-corrected chi connectivity index (χ3v) is 4.79. The van der Waals surface area contributed by atoms with E-state index in [0.29, 0.717) is 0 Å².